The van der Waals surface area contributed by atoms with Crippen LogP contribution in [0.3, 0.4) is 0 Å². The first kappa shape index (κ1) is 20.1. The molecule has 0 spiro atoms. The molecule has 3 atom stereocenters. The molecule has 1 unspecified atom stereocenters. The molecule has 0 amide bonds. The Morgan fingerprint density at radius 1 is 1.28 bits per heavy atom. The summed E-state index contributed by atoms with van der Waals surface area (Å²) in [6.45, 7) is 2.24. The smallest absolute Gasteiger partial charge is 0.203 e. The zero-order chi connectivity index (χ0) is 18.3. The summed E-state index contributed by atoms with van der Waals surface area (Å²) in [4.78, 5) is 10.2. The SMILES string of the molecule is C[C@H](NC[C@@H](O)CP(=O)(O)CC1CCCCC1)c1ccc(C#N)cc1. The highest BCUT2D eigenvalue weighted by Gasteiger charge is 2.28. The van der Waals surface area contributed by atoms with Crippen LogP contribution in [0.4, 0.5) is 0 Å². The molecule has 1 aliphatic rings. The van der Waals surface area contributed by atoms with Gasteiger partial charge in [0, 0.05) is 18.7 Å². The van der Waals surface area contributed by atoms with Gasteiger partial charge in [-0.3, -0.25) is 4.57 Å². The van der Waals surface area contributed by atoms with Crippen molar-refractivity contribution in [2.45, 2.75) is 51.2 Å². The lowest BCUT2D eigenvalue weighted by atomic mass is 9.91. The number of aliphatic hydroxyl groups is 1. The fourth-order valence-electron chi connectivity index (χ4n) is 3.52. The van der Waals surface area contributed by atoms with Crippen molar-refractivity contribution in [2.24, 2.45) is 5.92 Å². The normalized spacial score (nSPS) is 20.4. The average molecular weight is 364 g/mol. The van der Waals surface area contributed by atoms with Crippen LogP contribution in [-0.2, 0) is 4.57 Å². The molecule has 1 aromatic rings. The van der Waals surface area contributed by atoms with E-state index in [0.717, 1.165) is 31.2 Å². The Morgan fingerprint density at radius 2 is 1.92 bits per heavy atom. The highest BCUT2D eigenvalue weighted by Crippen LogP contribution is 2.45. The van der Waals surface area contributed by atoms with Crippen LogP contribution in [0.5, 0.6) is 0 Å². The third kappa shape index (κ3) is 6.92. The van der Waals surface area contributed by atoms with Crippen molar-refractivity contribution < 1.29 is 14.6 Å². The Balaban J connectivity index is 1.77. The van der Waals surface area contributed by atoms with Gasteiger partial charge in [-0.15, -0.1) is 0 Å². The maximum atomic E-state index is 12.4. The first-order chi connectivity index (χ1) is 11.9. The molecule has 138 valence electrons. The standard InChI is InChI=1S/C19H29N2O3P/c1-15(18-9-7-16(11-20)8-10-18)21-12-19(22)14-25(23,24)13-17-5-3-2-4-6-17/h7-10,15,17,19,21-22H,2-6,12-14H2,1H3,(H,23,24)/t15-,19+/m0/s1. The number of hydrogen-bond donors (Lipinski definition) is 3. The van der Waals surface area contributed by atoms with Gasteiger partial charge in [0.25, 0.3) is 0 Å². The molecule has 0 saturated heterocycles. The van der Waals surface area contributed by atoms with Gasteiger partial charge in [0.05, 0.1) is 23.9 Å². The van der Waals surface area contributed by atoms with E-state index in [4.69, 9.17) is 5.26 Å². The van der Waals surface area contributed by atoms with E-state index in [1.807, 2.05) is 19.1 Å². The summed E-state index contributed by atoms with van der Waals surface area (Å²) in [7, 11) is -3.29. The molecule has 3 N–H and O–H groups in total. The Morgan fingerprint density at radius 3 is 2.52 bits per heavy atom. The van der Waals surface area contributed by atoms with Crippen molar-refractivity contribution in [1.82, 2.24) is 5.32 Å². The number of nitrogens with zero attached hydrogens (tertiary/aromatic N) is 1. The number of aliphatic hydroxyl groups excluding tert-OH is 1. The van der Waals surface area contributed by atoms with E-state index in [9.17, 15) is 14.6 Å². The van der Waals surface area contributed by atoms with Gasteiger partial charge in [-0.25, -0.2) is 0 Å². The maximum absolute atomic E-state index is 12.4. The molecule has 5 nitrogen and oxygen atoms in total. The van der Waals surface area contributed by atoms with Crippen LogP contribution < -0.4 is 5.32 Å². The predicted octanol–water partition coefficient (Wildman–Crippen LogP) is 3.42. The van der Waals surface area contributed by atoms with Gasteiger partial charge in [-0.2, -0.15) is 5.26 Å². The van der Waals surface area contributed by atoms with Crippen LogP contribution in [0.2, 0.25) is 0 Å². The van der Waals surface area contributed by atoms with E-state index in [0.29, 0.717) is 17.6 Å². The third-order valence-corrected chi connectivity index (χ3v) is 7.04. The summed E-state index contributed by atoms with van der Waals surface area (Å²) >= 11 is 0. The van der Waals surface area contributed by atoms with Crippen LogP contribution in [0.1, 0.15) is 56.2 Å². The van der Waals surface area contributed by atoms with E-state index in [1.165, 1.54) is 6.42 Å². The topological polar surface area (TPSA) is 93.3 Å². The second kappa shape index (κ2) is 9.50. The molecule has 0 aliphatic heterocycles. The largest absolute Gasteiger partial charge is 0.391 e. The summed E-state index contributed by atoms with van der Waals surface area (Å²) in [6.07, 6.45) is 5.06. The molecule has 1 aliphatic carbocycles. The number of nitrogens with one attached hydrogen (secondary N) is 1. The minimum atomic E-state index is -3.29. The van der Waals surface area contributed by atoms with Gasteiger partial charge < -0.3 is 15.3 Å². The van der Waals surface area contributed by atoms with Gasteiger partial charge in [-0.05, 0) is 43.4 Å². The zero-order valence-corrected chi connectivity index (χ0v) is 15.8. The maximum Gasteiger partial charge on any atom is 0.203 e. The van der Waals surface area contributed by atoms with Crippen molar-refractivity contribution in [3.05, 3.63) is 35.4 Å². The minimum absolute atomic E-state index is 0.00110. The van der Waals surface area contributed by atoms with Crippen LogP contribution in [0.15, 0.2) is 24.3 Å². The van der Waals surface area contributed by atoms with Gasteiger partial charge >= 0.3 is 0 Å². The van der Waals surface area contributed by atoms with Gasteiger partial charge in [0.15, 0.2) is 0 Å². The average Bonchev–Trinajstić information content (AvgIpc) is 2.59. The highest BCUT2D eigenvalue weighted by atomic mass is 31.2. The van der Waals surface area contributed by atoms with Crippen LogP contribution in [0, 0.1) is 17.2 Å². The summed E-state index contributed by atoms with van der Waals surface area (Å²) in [5.41, 5.74) is 1.63. The summed E-state index contributed by atoms with van der Waals surface area (Å²) in [5.74, 6) is 0.335. The fourth-order valence-corrected chi connectivity index (χ4v) is 5.63. The van der Waals surface area contributed by atoms with Crippen molar-refractivity contribution in [3.8, 4) is 6.07 Å². The molecular weight excluding hydrogens is 335 g/mol. The van der Waals surface area contributed by atoms with Crippen molar-refractivity contribution in [3.63, 3.8) is 0 Å². The number of hydrogen-bond acceptors (Lipinski definition) is 4. The molecule has 0 heterocycles. The minimum Gasteiger partial charge on any atom is -0.391 e. The van der Waals surface area contributed by atoms with Crippen LogP contribution in [0.25, 0.3) is 0 Å². The van der Waals surface area contributed by atoms with E-state index in [2.05, 4.69) is 11.4 Å². The molecule has 1 fully saturated rings. The monoisotopic (exact) mass is 364 g/mol. The third-order valence-electron chi connectivity index (χ3n) is 4.96. The molecule has 2 rings (SSSR count). The summed E-state index contributed by atoms with van der Waals surface area (Å²) < 4.78 is 12.4. The molecule has 1 aromatic carbocycles. The van der Waals surface area contributed by atoms with Gasteiger partial charge in [-0.1, -0.05) is 31.4 Å². The van der Waals surface area contributed by atoms with E-state index < -0.39 is 13.5 Å². The lowest BCUT2D eigenvalue weighted by molar-refractivity contribution is 0.186. The predicted molar refractivity (Wildman–Crippen MR) is 99.7 cm³/mol. The number of rotatable bonds is 8. The van der Waals surface area contributed by atoms with Crippen molar-refractivity contribution >= 4 is 7.37 Å². The molecule has 25 heavy (non-hydrogen) atoms. The summed E-state index contributed by atoms with van der Waals surface area (Å²) in [6, 6.07) is 9.36. The van der Waals surface area contributed by atoms with Gasteiger partial charge in [0.1, 0.15) is 0 Å². The second-order valence-electron chi connectivity index (χ2n) is 7.23. The van der Waals surface area contributed by atoms with Crippen molar-refractivity contribution in [2.75, 3.05) is 18.9 Å². The molecule has 0 aromatic heterocycles. The van der Waals surface area contributed by atoms with Gasteiger partial charge in [0.2, 0.25) is 7.37 Å². The zero-order valence-electron chi connectivity index (χ0n) is 14.9. The number of benzene rings is 1. The van der Waals surface area contributed by atoms with Crippen LogP contribution >= 0.6 is 7.37 Å². The Hall–Kier alpha value is -1.18. The lowest BCUT2D eigenvalue weighted by Crippen LogP contribution is -2.32. The Kier molecular flexibility index (Phi) is 7.65. The molecular formula is C19H29N2O3P. The fraction of sp³-hybridized carbons (Fsp3) is 0.632. The Labute approximate surface area is 150 Å². The second-order valence-corrected chi connectivity index (χ2v) is 9.66. The highest BCUT2D eigenvalue weighted by molar-refractivity contribution is 7.58. The molecule has 1 saturated carbocycles. The van der Waals surface area contributed by atoms with E-state index >= 15 is 0 Å². The molecule has 0 bridgehead atoms. The first-order valence-electron chi connectivity index (χ1n) is 9.12. The summed E-state index contributed by atoms with van der Waals surface area (Å²) in [5, 5.41) is 22.2. The Bertz CT molecular complexity index is 621. The first-order valence-corrected chi connectivity index (χ1v) is 11.1. The lowest BCUT2D eigenvalue weighted by Gasteiger charge is -2.25. The van der Waals surface area contributed by atoms with E-state index in [1.54, 1.807) is 12.1 Å². The van der Waals surface area contributed by atoms with Crippen molar-refractivity contribution in [1.29, 1.82) is 5.26 Å². The molecule has 6 heteroatoms. The quantitative estimate of drug-likeness (QED) is 0.615. The number of nitriles is 1. The van der Waals surface area contributed by atoms with Crippen LogP contribution in [-0.4, -0.2) is 35.0 Å². The molecule has 0 radical (unpaired) electrons. The van der Waals surface area contributed by atoms with E-state index in [-0.39, 0.29) is 18.7 Å².